The Morgan fingerprint density at radius 2 is 1.89 bits per heavy atom. The number of nitrogens with zero attached hydrogens (tertiary/aromatic N) is 3. The van der Waals surface area contributed by atoms with E-state index in [1.807, 2.05) is 21.7 Å². The summed E-state index contributed by atoms with van der Waals surface area (Å²) in [6.45, 7) is 9.03. The molecule has 2 aliphatic heterocycles. The molecule has 1 aromatic carbocycles. The molecule has 28 heavy (non-hydrogen) atoms. The van der Waals surface area contributed by atoms with Crippen LogP contribution < -0.4 is 0 Å². The molecule has 2 fully saturated rings. The van der Waals surface area contributed by atoms with Crippen LogP contribution in [0.4, 0.5) is 0 Å². The maximum Gasteiger partial charge on any atom is 0.257 e. The molecule has 150 valence electrons. The first-order valence-corrected chi connectivity index (χ1v) is 10.2. The van der Waals surface area contributed by atoms with Crippen molar-refractivity contribution in [1.29, 1.82) is 0 Å². The highest BCUT2D eigenvalue weighted by molar-refractivity contribution is 5.95. The zero-order valence-electron chi connectivity index (χ0n) is 16.9. The van der Waals surface area contributed by atoms with E-state index in [1.165, 1.54) is 5.56 Å². The van der Waals surface area contributed by atoms with Crippen LogP contribution in [0.2, 0.25) is 0 Å². The lowest BCUT2D eigenvalue weighted by Crippen LogP contribution is -2.44. The highest BCUT2D eigenvalue weighted by Gasteiger charge is 2.34. The van der Waals surface area contributed by atoms with Crippen LogP contribution in [0.1, 0.15) is 54.2 Å². The first-order chi connectivity index (χ1) is 13.5. The number of aryl methyl sites for hydroxylation is 1. The monoisotopic (exact) mass is 383 g/mol. The van der Waals surface area contributed by atoms with Gasteiger partial charge in [0, 0.05) is 19.0 Å². The number of aromatic nitrogens is 2. The van der Waals surface area contributed by atoms with Crippen LogP contribution in [-0.2, 0) is 9.47 Å². The average Bonchev–Trinajstić information content (AvgIpc) is 3.38. The van der Waals surface area contributed by atoms with Gasteiger partial charge in [0.05, 0.1) is 36.4 Å². The van der Waals surface area contributed by atoms with Crippen LogP contribution >= 0.6 is 0 Å². The molecule has 2 aromatic rings. The Morgan fingerprint density at radius 1 is 1.18 bits per heavy atom. The molecule has 0 N–H and O–H groups in total. The van der Waals surface area contributed by atoms with Crippen molar-refractivity contribution in [3.05, 3.63) is 47.3 Å². The van der Waals surface area contributed by atoms with Crippen molar-refractivity contribution in [2.24, 2.45) is 5.92 Å². The van der Waals surface area contributed by atoms with Gasteiger partial charge in [-0.2, -0.15) is 5.10 Å². The fourth-order valence-electron chi connectivity index (χ4n) is 4.21. The van der Waals surface area contributed by atoms with E-state index in [9.17, 15) is 4.79 Å². The second-order valence-corrected chi connectivity index (χ2v) is 8.11. The number of ether oxygens (including phenoxy) is 2. The number of hydrogen-bond acceptors (Lipinski definition) is 4. The van der Waals surface area contributed by atoms with E-state index in [4.69, 9.17) is 9.47 Å². The van der Waals surface area contributed by atoms with Gasteiger partial charge < -0.3 is 14.4 Å². The molecule has 1 amide bonds. The van der Waals surface area contributed by atoms with Gasteiger partial charge in [-0.05, 0) is 37.8 Å². The van der Waals surface area contributed by atoms with E-state index >= 15 is 0 Å². The van der Waals surface area contributed by atoms with Crippen molar-refractivity contribution < 1.29 is 14.3 Å². The van der Waals surface area contributed by atoms with Crippen molar-refractivity contribution in [3.63, 3.8) is 0 Å². The zero-order chi connectivity index (χ0) is 19.7. The molecule has 0 aliphatic carbocycles. The fraction of sp³-hybridized carbons (Fsp3) is 0.545. The third kappa shape index (κ3) is 3.71. The molecule has 3 heterocycles. The summed E-state index contributed by atoms with van der Waals surface area (Å²) >= 11 is 0. The van der Waals surface area contributed by atoms with Gasteiger partial charge in [-0.1, -0.05) is 31.5 Å². The summed E-state index contributed by atoms with van der Waals surface area (Å²) in [6.07, 6.45) is 3.57. The Hall–Kier alpha value is -2.18. The first-order valence-electron chi connectivity index (χ1n) is 10.2. The second kappa shape index (κ2) is 8.05. The van der Waals surface area contributed by atoms with Gasteiger partial charge in [0.25, 0.3) is 5.91 Å². The minimum absolute atomic E-state index is 0.0600. The quantitative estimate of drug-likeness (QED) is 0.810. The number of hydrogen-bond donors (Lipinski definition) is 0. The summed E-state index contributed by atoms with van der Waals surface area (Å²) in [5.74, 6) is 0.490. The van der Waals surface area contributed by atoms with Crippen molar-refractivity contribution in [2.75, 3.05) is 26.3 Å². The van der Waals surface area contributed by atoms with Gasteiger partial charge in [-0.15, -0.1) is 0 Å². The second-order valence-electron chi connectivity index (χ2n) is 8.11. The molecule has 0 spiro atoms. The van der Waals surface area contributed by atoms with E-state index in [0.29, 0.717) is 25.3 Å². The topological polar surface area (TPSA) is 56.6 Å². The first kappa shape index (κ1) is 19.2. The van der Waals surface area contributed by atoms with Gasteiger partial charge in [-0.25, -0.2) is 4.68 Å². The Kier molecular flexibility index (Phi) is 5.51. The van der Waals surface area contributed by atoms with Crippen molar-refractivity contribution in [1.82, 2.24) is 14.7 Å². The maximum atomic E-state index is 13.4. The Morgan fingerprint density at radius 3 is 2.57 bits per heavy atom. The predicted molar refractivity (Wildman–Crippen MR) is 107 cm³/mol. The number of piperidine rings is 1. The fourth-order valence-corrected chi connectivity index (χ4v) is 4.21. The number of rotatable bonds is 4. The molecule has 6 nitrogen and oxygen atoms in total. The Balaban J connectivity index is 1.59. The summed E-state index contributed by atoms with van der Waals surface area (Å²) in [5, 5.41) is 4.57. The lowest BCUT2D eigenvalue weighted by Gasteiger charge is -2.34. The Labute approximate surface area is 166 Å². The standard InChI is InChI=1S/C22H29N3O3/c1-15(2)20-19(13-23-25(20)18-8-6-16(3)7-9-18)21(26)24-10-4-5-17(14-24)22-27-11-12-28-22/h6-9,13,15,17,22H,4-5,10-12,14H2,1-3H3. The molecule has 2 saturated heterocycles. The molecule has 6 heteroatoms. The summed E-state index contributed by atoms with van der Waals surface area (Å²) in [6, 6.07) is 8.24. The normalized spacial score (nSPS) is 20.9. The van der Waals surface area contributed by atoms with Crippen LogP contribution in [0.5, 0.6) is 0 Å². The predicted octanol–water partition coefficient (Wildman–Crippen LogP) is 3.53. The smallest absolute Gasteiger partial charge is 0.257 e. The van der Waals surface area contributed by atoms with Gasteiger partial charge in [0.2, 0.25) is 0 Å². The minimum Gasteiger partial charge on any atom is -0.350 e. The molecule has 0 saturated carbocycles. The van der Waals surface area contributed by atoms with E-state index in [-0.39, 0.29) is 24.0 Å². The summed E-state index contributed by atoms with van der Waals surface area (Å²) in [4.78, 5) is 15.3. The number of amides is 1. The lowest BCUT2D eigenvalue weighted by molar-refractivity contribution is -0.0969. The maximum absolute atomic E-state index is 13.4. The van der Waals surface area contributed by atoms with Crippen molar-refractivity contribution >= 4 is 5.91 Å². The van der Waals surface area contributed by atoms with Gasteiger partial charge in [0.15, 0.2) is 6.29 Å². The molecule has 0 bridgehead atoms. The summed E-state index contributed by atoms with van der Waals surface area (Å²) in [7, 11) is 0. The third-order valence-electron chi connectivity index (χ3n) is 5.64. The summed E-state index contributed by atoms with van der Waals surface area (Å²) in [5.41, 5.74) is 3.85. The number of carbonyl (C=O) groups is 1. The van der Waals surface area contributed by atoms with Crippen LogP contribution in [0.3, 0.4) is 0 Å². The molecule has 4 rings (SSSR count). The van der Waals surface area contributed by atoms with Crippen LogP contribution in [-0.4, -0.2) is 53.2 Å². The van der Waals surface area contributed by atoms with Gasteiger partial charge >= 0.3 is 0 Å². The van der Waals surface area contributed by atoms with E-state index < -0.39 is 0 Å². The zero-order valence-corrected chi connectivity index (χ0v) is 16.9. The SMILES string of the molecule is Cc1ccc(-n2ncc(C(=O)N3CCCC(C4OCCO4)C3)c2C(C)C)cc1. The molecule has 2 aliphatic rings. The number of carbonyl (C=O) groups excluding carboxylic acids is 1. The molecule has 0 radical (unpaired) electrons. The number of benzene rings is 1. The average molecular weight is 383 g/mol. The third-order valence-corrected chi connectivity index (χ3v) is 5.64. The Bertz CT molecular complexity index is 822. The summed E-state index contributed by atoms with van der Waals surface area (Å²) < 4.78 is 13.3. The van der Waals surface area contributed by atoms with Crippen molar-refractivity contribution in [3.8, 4) is 5.69 Å². The largest absolute Gasteiger partial charge is 0.350 e. The highest BCUT2D eigenvalue weighted by atomic mass is 16.7. The molecule has 1 unspecified atom stereocenters. The van der Waals surface area contributed by atoms with Gasteiger partial charge in [-0.3, -0.25) is 4.79 Å². The minimum atomic E-state index is -0.171. The number of likely N-dealkylation sites (tertiary alicyclic amines) is 1. The van der Waals surface area contributed by atoms with E-state index in [0.717, 1.165) is 30.8 Å². The van der Waals surface area contributed by atoms with Gasteiger partial charge in [0.1, 0.15) is 0 Å². The highest BCUT2D eigenvalue weighted by Crippen LogP contribution is 2.29. The molecule has 1 aromatic heterocycles. The molecular formula is C22H29N3O3. The van der Waals surface area contributed by atoms with E-state index in [1.54, 1.807) is 6.20 Å². The lowest BCUT2D eigenvalue weighted by atomic mass is 9.96. The van der Waals surface area contributed by atoms with Crippen LogP contribution in [0.25, 0.3) is 5.69 Å². The van der Waals surface area contributed by atoms with Crippen molar-refractivity contribution in [2.45, 2.75) is 45.8 Å². The molecule has 1 atom stereocenters. The van der Waals surface area contributed by atoms with E-state index in [2.05, 4.69) is 38.0 Å². The van der Waals surface area contributed by atoms with Crippen LogP contribution in [0, 0.1) is 12.8 Å². The molecular weight excluding hydrogens is 354 g/mol. The van der Waals surface area contributed by atoms with Crippen LogP contribution in [0.15, 0.2) is 30.5 Å².